The number of carbonyl (C=O) groups is 1. The first-order valence-electron chi connectivity index (χ1n) is 5.22. The van der Waals surface area contributed by atoms with Gasteiger partial charge in [-0.3, -0.25) is 4.79 Å². The van der Waals surface area contributed by atoms with Crippen LogP contribution in [0.1, 0.15) is 15.2 Å². The molecule has 2 heterocycles. The van der Waals surface area contributed by atoms with Crippen molar-refractivity contribution in [2.75, 3.05) is 0 Å². The number of rotatable bonds is 2. The summed E-state index contributed by atoms with van der Waals surface area (Å²) in [5.41, 5.74) is 1.48. The molecule has 0 radical (unpaired) electrons. The van der Waals surface area contributed by atoms with Crippen molar-refractivity contribution in [1.82, 2.24) is 4.98 Å². The van der Waals surface area contributed by atoms with Crippen LogP contribution in [0.2, 0.25) is 5.02 Å². The number of aromatic amines is 1. The van der Waals surface area contributed by atoms with Gasteiger partial charge in [0.2, 0.25) is 5.78 Å². The third kappa shape index (κ3) is 1.81. The van der Waals surface area contributed by atoms with Gasteiger partial charge in [0.25, 0.3) is 0 Å². The second-order valence-corrected chi connectivity index (χ2v) is 5.97. The topological polar surface area (TPSA) is 32.9 Å². The minimum absolute atomic E-state index is 0.0174. The standard InChI is InChI=1S/C13H7BrClNOS/c14-8-4-5-18-13(8)12(17)7-6-16-10-3-1-2-9(15)11(7)10/h1-6,16H. The normalized spacial score (nSPS) is 11.0. The zero-order chi connectivity index (χ0) is 12.7. The van der Waals surface area contributed by atoms with Crippen molar-refractivity contribution in [2.45, 2.75) is 0 Å². The molecule has 0 spiro atoms. The third-order valence-corrected chi connectivity index (χ3v) is 4.87. The van der Waals surface area contributed by atoms with E-state index in [-0.39, 0.29) is 5.78 Å². The highest BCUT2D eigenvalue weighted by atomic mass is 79.9. The molecule has 0 atom stereocenters. The van der Waals surface area contributed by atoms with E-state index in [1.807, 2.05) is 23.6 Å². The van der Waals surface area contributed by atoms with Crippen molar-refractivity contribution < 1.29 is 4.79 Å². The average Bonchev–Trinajstić information content (AvgIpc) is 2.95. The second-order valence-electron chi connectivity index (χ2n) is 3.79. The van der Waals surface area contributed by atoms with Crippen LogP contribution in [-0.2, 0) is 0 Å². The lowest BCUT2D eigenvalue weighted by Crippen LogP contribution is -1.98. The number of halogens is 2. The zero-order valence-electron chi connectivity index (χ0n) is 9.04. The molecule has 0 aliphatic carbocycles. The van der Waals surface area contributed by atoms with E-state index in [2.05, 4.69) is 20.9 Å². The van der Waals surface area contributed by atoms with E-state index in [0.717, 1.165) is 15.4 Å². The van der Waals surface area contributed by atoms with Crippen LogP contribution in [-0.4, -0.2) is 10.8 Å². The van der Waals surface area contributed by atoms with Crippen molar-refractivity contribution in [3.8, 4) is 0 Å². The summed E-state index contributed by atoms with van der Waals surface area (Å²) < 4.78 is 0.818. The molecule has 0 amide bonds. The monoisotopic (exact) mass is 339 g/mol. The molecule has 90 valence electrons. The lowest BCUT2D eigenvalue weighted by Gasteiger charge is -1.99. The molecule has 1 aromatic carbocycles. The van der Waals surface area contributed by atoms with Crippen molar-refractivity contribution in [3.63, 3.8) is 0 Å². The molecule has 0 saturated heterocycles. The summed E-state index contributed by atoms with van der Waals surface area (Å²) in [6.07, 6.45) is 1.71. The molecule has 0 saturated carbocycles. The van der Waals surface area contributed by atoms with Gasteiger partial charge < -0.3 is 4.98 Å². The molecular formula is C13H7BrClNOS. The molecular weight excluding hydrogens is 334 g/mol. The number of hydrogen-bond acceptors (Lipinski definition) is 2. The molecule has 3 aromatic rings. The van der Waals surface area contributed by atoms with Gasteiger partial charge in [-0.1, -0.05) is 17.7 Å². The van der Waals surface area contributed by atoms with Gasteiger partial charge in [0.15, 0.2) is 0 Å². The Bertz CT molecular complexity index is 746. The Morgan fingerprint density at radius 2 is 2.17 bits per heavy atom. The Morgan fingerprint density at radius 1 is 1.33 bits per heavy atom. The van der Waals surface area contributed by atoms with Gasteiger partial charge in [-0.15, -0.1) is 11.3 Å². The Hall–Kier alpha value is -1.10. The Kier molecular flexibility index (Phi) is 3.01. The van der Waals surface area contributed by atoms with Crippen LogP contribution in [0.3, 0.4) is 0 Å². The fourth-order valence-electron chi connectivity index (χ4n) is 1.90. The number of fused-ring (bicyclic) bond motifs is 1. The number of benzene rings is 1. The van der Waals surface area contributed by atoms with Gasteiger partial charge in [0.05, 0.1) is 15.5 Å². The highest BCUT2D eigenvalue weighted by Crippen LogP contribution is 2.31. The van der Waals surface area contributed by atoms with Crippen LogP contribution in [0, 0.1) is 0 Å². The van der Waals surface area contributed by atoms with Crippen molar-refractivity contribution >= 4 is 55.6 Å². The smallest absolute Gasteiger partial charge is 0.206 e. The van der Waals surface area contributed by atoms with Crippen molar-refractivity contribution in [2.24, 2.45) is 0 Å². The molecule has 5 heteroatoms. The highest BCUT2D eigenvalue weighted by Gasteiger charge is 2.19. The number of hydrogen-bond donors (Lipinski definition) is 1. The lowest BCUT2D eigenvalue weighted by molar-refractivity contribution is 0.104. The van der Waals surface area contributed by atoms with Crippen LogP contribution >= 0.6 is 38.9 Å². The van der Waals surface area contributed by atoms with Crippen LogP contribution in [0.15, 0.2) is 40.3 Å². The fraction of sp³-hybridized carbons (Fsp3) is 0. The first-order valence-corrected chi connectivity index (χ1v) is 7.27. The van der Waals surface area contributed by atoms with E-state index in [1.54, 1.807) is 12.3 Å². The van der Waals surface area contributed by atoms with E-state index in [1.165, 1.54) is 11.3 Å². The van der Waals surface area contributed by atoms with E-state index in [9.17, 15) is 4.79 Å². The van der Waals surface area contributed by atoms with Gasteiger partial charge in [-0.2, -0.15) is 0 Å². The SMILES string of the molecule is O=C(c1sccc1Br)c1c[nH]c2cccc(Cl)c12. The maximum absolute atomic E-state index is 12.5. The number of H-pyrrole nitrogens is 1. The largest absolute Gasteiger partial charge is 0.360 e. The van der Waals surface area contributed by atoms with Gasteiger partial charge in [-0.25, -0.2) is 0 Å². The molecule has 18 heavy (non-hydrogen) atoms. The van der Waals surface area contributed by atoms with Gasteiger partial charge in [0, 0.05) is 21.6 Å². The average molecular weight is 341 g/mol. The molecule has 0 aliphatic rings. The third-order valence-electron chi connectivity index (χ3n) is 2.72. The summed E-state index contributed by atoms with van der Waals surface area (Å²) in [5.74, 6) is -0.0174. The molecule has 0 bridgehead atoms. The number of ketones is 1. The number of nitrogens with one attached hydrogen (secondary N) is 1. The van der Waals surface area contributed by atoms with Gasteiger partial charge >= 0.3 is 0 Å². The van der Waals surface area contributed by atoms with Crippen molar-refractivity contribution in [3.05, 3.63) is 55.8 Å². The van der Waals surface area contributed by atoms with Crippen LogP contribution in [0.5, 0.6) is 0 Å². The lowest BCUT2D eigenvalue weighted by atomic mass is 10.1. The molecule has 3 rings (SSSR count). The quantitative estimate of drug-likeness (QED) is 0.663. The summed E-state index contributed by atoms with van der Waals surface area (Å²) >= 11 is 11.0. The van der Waals surface area contributed by atoms with E-state index in [4.69, 9.17) is 11.6 Å². The Balaban J connectivity index is 2.22. The molecule has 0 fully saturated rings. The first-order chi connectivity index (χ1) is 8.68. The maximum atomic E-state index is 12.5. The minimum atomic E-state index is -0.0174. The minimum Gasteiger partial charge on any atom is -0.360 e. The summed E-state index contributed by atoms with van der Waals surface area (Å²) in [6, 6.07) is 7.42. The summed E-state index contributed by atoms with van der Waals surface area (Å²) in [4.78, 5) is 16.2. The predicted molar refractivity (Wildman–Crippen MR) is 78.8 cm³/mol. The molecule has 1 N–H and O–H groups in total. The predicted octanol–water partition coefficient (Wildman–Crippen LogP) is 4.88. The van der Waals surface area contributed by atoms with E-state index >= 15 is 0 Å². The Morgan fingerprint density at radius 3 is 2.89 bits per heavy atom. The molecule has 0 aliphatic heterocycles. The van der Waals surface area contributed by atoms with E-state index < -0.39 is 0 Å². The summed E-state index contributed by atoms with van der Waals surface area (Å²) in [6.45, 7) is 0. The van der Waals surface area contributed by atoms with Gasteiger partial charge in [-0.05, 0) is 39.5 Å². The molecule has 2 aromatic heterocycles. The number of aromatic nitrogens is 1. The maximum Gasteiger partial charge on any atom is 0.206 e. The van der Waals surface area contributed by atoms with Gasteiger partial charge in [0.1, 0.15) is 0 Å². The Labute approximate surface area is 121 Å². The van der Waals surface area contributed by atoms with Crippen molar-refractivity contribution in [1.29, 1.82) is 0 Å². The summed E-state index contributed by atoms with van der Waals surface area (Å²) in [5, 5.41) is 3.25. The molecule has 2 nitrogen and oxygen atoms in total. The van der Waals surface area contributed by atoms with Crippen LogP contribution in [0.25, 0.3) is 10.9 Å². The highest BCUT2D eigenvalue weighted by molar-refractivity contribution is 9.10. The van der Waals surface area contributed by atoms with E-state index in [0.29, 0.717) is 15.5 Å². The van der Waals surface area contributed by atoms with Crippen LogP contribution in [0.4, 0.5) is 0 Å². The van der Waals surface area contributed by atoms with Crippen LogP contribution < -0.4 is 0 Å². The number of thiophene rings is 1. The number of carbonyl (C=O) groups excluding carboxylic acids is 1. The fourth-order valence-corrected chi connectivity index (χ4v) is 3.68. The first kappa shape index (κ1) is 12.0. The molecule has 0 unspecified atom stereocenters. The second kappa shape index (κ2) is 4.53. The zero-order valence-corrected chi connectivity index (χ0v) is 12.2. The summed E-state index contributed by atoms with van der Waals surface area (Å²) in [7, 11) is 0.